The van der Waals surface area contributed by atoms with Gasteiger partial charge in [-0.3, -0.25) is 0 Å². The molecule has 0 saturated carbocycles. The zero-order chi connectivity index (χ0) is 15.0. The van der Waals surface area contributed by atoms with Gasteiger partial charge in [0.2, 0.25) is 10.0 Å². The highest BCUT2D eigenvalue weighted by Crippen LogP contribution is 2.16. The zero-order valence-electron chi connectivity index (χ0n) is 11.5. The Morgan fingerprint density at radius 1 is 1.35 bits per heavy atom. The summed E-state index contributed by atoms with van der Waals surface area (Å²) in [5.41, 5.74) is 0.810. The van der Waals surface area contributed by atoms with Crippen LogP contribution >= 0.6 is 12.2 Å². The number of ether oxygens (including phenoxy) is 1. The van der Waals surface area contributed by atoms with Crippen molar-refractivity contribution in [3.8, 4) is 5.75 Å². The monoisotopic (exact) mass is 317 g/mol. The number of anilines is 1. The van der Waals surface area contributed by atoms with Crippen molar-refractivity contribution in [2.45, 2.75) is 6.92 Å². The van der Waals surface area contributed by atoms with Crippen LogP contribution in [0.25, 0.3) is 0 Å². The first kappa shape index (κ1) is 16.7. The minimum Gasteiger partial charge on any atom is -0.494 e. The minimum absolute atomic E-state index is 0.277. The summed E-state index contributed by atoms with van der Waals surface area (Å²) in [7, 11) is -3.16. The number of rotatable bonds is 7. The third-order valence-electron chi connectivity index (χ3n) is 2.18. The van der Waals surface area contributed by atoms with E-state index < -0.39 is 10.0 Å². The summed E-state index contributed by atoms with van der Waals surface area (Å²) >= 11 is 5.11. The van der Waals surface area contributed by atoms with E-state index in [9.17, 15) is 8.42 Å². The fourth-order valence-electron chi connectivity index (χ4n) is 1.42. The average Bonchev–Trinajstić information content (AvgIpc) is 2.34. The molecule has 1 aromatic carbocycles. The third kappa shape index (κ3) is 7.27. The third-order valence-corrected chi connectivity index (χ3v) is 3.15. The molecule has 8 heteroatoms. The van der Waals surface area contributed by atoms with Crippen molar-refractivity contribution in [1.29, 1.82) is 0 Å². The first-order valence-corrected chi connectivity index (χ1v) is 8.43. The van der Waals surface area contributed by atoms with Crippen LogP contribution in [0.5, 0.6) is 5.75 Å². The Kier molecular flexibility index (Phi) is 6.69. The lowest BCUT2D eigenvalue weighted by atomic mass is 10.3. The van der Waals surface area contributed by atoms with Gasteiger partial charge in [0.15, 0.2) is 5.11 Å². The fraction of sp³-hybridized carbons (Fsp3) is 0.417. The van der Waals surface area contributed by atoms with E-state index in [1.807, 2.05) is 31.2 Å². The van der Waals surface area contributed by atoms with Gasteiger partial charge < -0.3 is 15.4 Å². The summed E-state index contributed by atoms with van der Waals surface area (Å²) in [6.45, 7) is 3.20. The summed E-state index contributed by atoms with van der Waals surface area (Å²) in [5, 5.41) is 6.33. The highest BCUT2D eigenvalue weighted by molar-refractivity contribution is 7.88. The van der Waals surface area contributed by atoms with Gasteiger partial charge in [-0.1, -0.05) is 6.07 Å². The van der Waals surface area contributed by atoms with Crippen molar-refractivity contribution in [3.63, 3.8) is 0 Å². The van der Waals surface area contributed by atoms with Gasteiger partial charge in [-0.2, -0.15) is 0 Å². The molecule has 0 unspecified atom stereocenters. The van der Waals surface area contributed by atoms with Crippen molar-refractivity contribution in [3.05, 3.63) is 24.3 Å². The van der Waals surface area contributed by atoms with Crippen LogP contribution in [0.3, 0.4) is 0 Å². The van der Waals surface area contributed by atoms with Crippen LogP contribution in [0.2, 0.25) is 0 Å². The number of thiocarbonyl (C=S) groups is 1. The Bertz CT molecular complexity index is 547. The maximum Gasteiger partial charge on any atom is 0.208 e. The zero-order valence-corrected chi connectivity index (χ0v) is 13.1. The lowest BCUT2D eigenvalue weighted by Gasteiger charge is -2.11. The van der Waals surface area contributed by atoms with Gasteiger partial charge in [-0.15, -0.1) is 0 Å². The predicted octanol–water partition coefficient (Wildman–Crippen LogP) is 0.921. The molecule has 0 bridgehead atoms. The molecule has 0 radical (unpaired) electrons. The predicted molar refractivity (Wildman–Crippen MR) is 84.7 cm³/mol. The summed E-state index contributed by atoms with van der Waals surface area (Å²) < 4.78 is 29.5. The molecule has 0 heterocycles. The normalized spacial score (nSPS) is 10.9. The number of hydrogen-bond acceptors (Lipinski definition) is 4. The van der Waals surface area contributed by atoms with Gasteiger partial charge in [0, 0.05) is 24.8 Å². The van der Waals surface area contributed by atoms with Gasteiger partial charge >= 0.3 is 0 Å². The first-order chi connectivity index (χ1) is 9.40. The van der Waals surface area contributed by atoms with Gasteiger partial charge in [-0.25, -0.2) is 13.1 Å². The molecule has 0 amide bonds. The van der Waals surface area contributed by atoms with Gasteiger partial charge in [0.05, 0.1) is 12.9 Å². The molecule has 0 saturated heterocycles. The van der Waals surface area contributed by atoms with Crippen LogP contribution in [-0.2, 0) is 10.0 Å². The Labute approximate surface area is 125 Å². The van der Waals surface area contributed by atoms with Gasteiger partial charge in [-0.05, 0) is 31.3 Å². The topological polar surface area (TPSA) is 79.5 Å². The Morgan fingerprint density at radius 3 is 2.75 bits per heavy atom. The Hall–Kier alpha value is -1.38. The SMILES string of the molecule is CCOc1cccc(NC(=S)NCCNS(C)(=O)=O)c1. The fourth-order valence-corrected chi connectivity index (χ4v) is 2.11. The maximum absolute atomic E-state index is 10.9. The molecule has 0 aliphatic carbocycles. The van der Waals surface area contributed by atoms with E-state index >= 15 is 0 Å². The summed E-state index contributed by atoms with van der Waals surface area (Å²) in [4.78, 5) is 0. The smallest absolute Gasteiger partial charge is 0.208 e. The van der Waals surface area contributed by atoms with Gasteiger partial charge in [0.25, 0.3) is 0 Å². The summed E-state index contributed by atoms with van der Waals surface area (Å²) in [6, 6.07) is 7.43. The number of sulfonamides is 1. The van der Waals surface area contributed by atoms with Crippen LogP contribution in [0.15, 0.2) is 24.3 Å². The van der Waals surface area contributed by atoms with Gasteiger partial charge in [0.1, 0.15) is 5.75 Å². The number of hydrogen-bond donors (Lipinski definition) is 3. The molecule has 112 valence electrons. The molecule has 0 aliphatic heterocycles. The molecule has 0 spiro atoms. The molecule has 20 heavy (non-hydrogen) atoms. The molecule has 0 aromatic heterocycles. The van der Waals surface area contributed by atoms with E-state index in [2.05, 4.69) is 15.4 Å². The minimum atomic E-state index is -3.16. The van der Waals surface area contributed by atoms with Crippen molar-refractivity contribution in [2.24, 2.45) is 0 Å². The average molecular weight is 317 g/mol. The molecule has 6 nitrogen and oxygen atoms in total. The van der Waals surface area contributed by atoms with Crippen LogP contribution in [-0.4, -0.2) is 39.5 Å². The summed E-state index contributed by atoms with van der Waals surface area (Å²) in [5.74, 6) is 0.763. The lowest BCUT2D eigenvalue weighted by molar-refractivity contribution is 0.340. The number of benzene rings is 1. The first-order valence-electron chi connectivity index (χ1n) is 6.13. The van der Waals surface area contributed by atoms with Crippen LogP contribution in [0.1, 0.15) is 6.92 Å². The molecular weight excluding hydrogens is 298 g/mol. The molecule has 3 N–H and O–H groups in total. The van der Waals surface area contributed by atoms with Crippen LogP contribution < -0.4 is 20.1 Å². The van der Waals surface area contributed by atoms with Crippen molar-refractivity contribution < 1.29 is 13.2 Å². The summed E-state index contributed by atoms with van der Waals surface area (Å²) in [6.07, 6.45) is 1.11. The molecule has 0 fully saturated rings. The second kappa shape index (κ2) is 8.03. The van der Waals surface area contributed by atoms with Crippen molar-refractivity contribution >= 4 is 33.0 Å². The van der Waals surface area contributed by atoms with E-state index in [1.165, 1.54) is 0 Å². The maximum atomic E-state index is 10.9. The van der Waals surface area contributed by atoms with E-state index in [-0.39, 0.29) is 6.54 Å². The standard InChI is InChI=1S/C12H19N3O3S2/c1-3-18-11-6-4-5-10(9-11)15-12(19)13-7-8-14-20(2,16)17/h4-6,9,14H,3,7-8H2,1-2H3,(H2,13,15,19). The quantitative estimate of drug-likeness (QED) is 0.513. The molecular formula is C12H19N3O3S2. The second-order valence-corrected chi connectivity index (χ2v) is 6.25. The van der Waals surface area contributed by atoms with E-state index in [0.29, 0.717) is 18.3 Å². The molecule has 1 rings (SSSR count). The highest BCUT2D eigenvalue weighted by atomic mass is 32.2. The molecule has 1 aromatic rings. The Morgan fingerprint density at radius 2 is 2.10 bits per heavy atom. The molecule has 0 atom stereocenters. The van der Waals surface area contributed by atoms with Crippen molar-refractivity contribution in [2.75, 3.05) is 31.3 Å². The number of nitrogens with one attached hydrogen (secondary N) is 3. The largest absolute Gasteiger partial charge is 0.494 e. The highest BCUT2D eigenvalue weighted by Gasteiger charge is 2.01. The van der Waals surface area contributed by atoms with Crippen LogP contribution in [0, 0.1) is 0 Å². The lowest BCUT2D eigenvalue weighted by Crippen LogP contribution is -2.36. The van der Waals surface area contributed by atoms with E-state index in [4.69, 9.17) is 17.0 Å². The van der Waals surface area contributed by atoms with E-state index in [0.717, 1.165) is 17.7 Å². The van der Waals surface area contributed by atoms with Crippen molar-refractivity contribution in [1.82, 2.24) is 10.0 Å². The van der Waals surface area contributed by atoms with E-state index in [1.54, 1.807) is 0 Å². The molecule has 0 aliphatic rings. The van der Waals surface area contributed by atoms with Crippen LogP contribution in [0.4, 0.5) is 5.69 Å². The second-order valence-electron chi connectivity index (χ2n) is 4.01. The Balaban J connectivity index is 2.36.